The summed E-state index contributed by atoms with van der Waals surface area (Å²) in [5.74, 6) is -1.50. The second kappa shape index (κ2) is 7.78. The van der Waals surface area contributed by atoms with Crippen molar-refractivity contribution in [1.29, 1.82) is 0 Å². The summed E-state index contributed by atoms with van der Waals surface area (Å²) >= 11 is 1.01. The number of carboxylic acid groups (broad SMARTS) is 1. The van der Waals surface area contributed by atoms with Crippen LogP contribution >= 0.6 is 11.3 Å². The molecule has 7 heteroatoms. The minimum atomic E-state index is -1.13. The van der Waals surface area contributed by atoms with E-state index in [1.807, 2.05) is 0 Å². The van der Waals surface area contributed by atoms with Gasteiger partial charge in [0.1, 0.15) is 0 Å². The van der Waals surface area contributed by atoms with Crippen molar-refractivity contribution in [3.8, 4) is 0 Å². The fraction of sp³-hybridized carbons (Fsp3) is 0.545. The Labute approximate surface area is 109 Å². The predicted octanol–water partition coefficient (Wildman–Crippen LogP) is 1.39. The third-order valence-electron chi connectivity index (χ3n) is 2.09. The van der Waals surface area contributed by atoms with E-state index in [-0.39, 0.29) is 16.6 Å². The lowest BCUT2D eigenvalue weighted by molar-refractivity contribution is 0.0691. The quantitative estimate of drug-likeness (QED) is 0.698. The molecule has 0 radical (unpaired) electrons. The molecule has 1 aromatic heterocycles. The number of ether oxygens (including phenoxy) is 1. The van der Waals surface area contributed by atoms with Gasteiger partial charge in [-0.3, -0.25) is 4.79 Å². The standard InChI is InChI=1S/C11H16N2O4S/c1-2-3-5-17-6-4-12-9(14)10-13-8(7-18-10)11(15)16/h7H,2-6H2,1H3,(H,12,14)(H,15,16). The molecule has 100 valence electrons. The van der Waals surface area contributed by atoms with E-state index >= 15 is 0 Å². The fourth-order valence-corrected chi connectivity index (χ4v) is 1.84. The number of aromatic nitrogens is 1. The smallest absolute Gasteiger partial charge is 0.355 e. The van der Waals surface area contributed by atoms with Crippen molar-refractivity contribution in [3.05, 3.63) is 16.1 Å². The lowest BCUT2D eigenvalue weighted by atomic mass is 10.4. The number of unbranched alkanes of at least 4 members (excludes halogenated alkanes) is 1. The van der Waals surface area contributed by atoms with Gasteiger partial charge in [-0.25, -0.2) is 9.78 Å². The summed E-state index contributed by atoms with van der Waals surface area (Å²) in [7, 11) is 0. The number of rotatable bonds is 8. The van der Waals surface area contributed by atoms with Gasteiger partial charge in [0.25, 0.3) is 5.91 Å². The van der Waals surface area contributed by atoms with Crippen LogP contribution in [0.15, 0.2) is 5.38 Å². The number of nitrogens with one attached hydrogen (secondary N) is 1. The Morgan fingerprint density at radius 3 is 2.89 bits per heavy atom. The summed E-state index contributed by atoms with van der Waals surface area (Å²) in [6.07, 6.45) is 2.08. The molecule has 0 fully saturated rings. The predicted molar refractivity (Wildman–Crippen MR) is 67.1 cm³/mol. The molecule has 0 atom stereocenters. The number of amides is 1. The van der Waals surface area contributed by atoms with Crippen LogP contribution in [0.25, 0.3) is 0 Å². The molecular formula is C11H16N2O4S. The minimum Gasteiger partial charge on any atom is -0.476 e. The van der Waals surface area contributed by atoms with Gasteiger partial charge >= 0.3 is 5.97 Å². The van der Waals surface area contributed by atoms with Crippen molar-refractivity contribution >= 4 is 23.2 Å². The minimum absolute atomic E-state index is 0.107. The van der Waals surface area contributed by atoms with Crippen molar-refractivity contribution in [1.82, 2.24) is 10.3 Å². The zero-order chi connectivity index (χ0) is 13.4. The number of carbonyl (C=O) groups excluding carboxylic acids is 1. The van der Waals surface area contributed by atoms with Crippen LogP contribution in [0.1, 0.15) is 40.1 Å². The number of thiazole rings is 1. The maximum absolute atomic E-state index is 11.6. The van der Waals surface area contributed by atoms with E-state index in [4.69, 9.17) is 9.84 Å². The number of hydrogen-bond donors (Lipinski definition) is 2. The topological polar surface area (TPSA) is 88.5 Å². The second-order valence-corrected chi connectivity index (χ2v) is 4.42. The molecule has 1 rings (SSSR count). The van der Waals surface area contributed by atoms with E-state index in [9.17, 15) is 9.59 Å². The zero-order valence-corrected chi connectivity index (χ0v) is 11.0. The SMILES string of the molecule is CCCCOCCNC(=O)c1nc(C(=O)O)cs1. The molecule has 1 amide bonds. The second-order valence-electron chi connectivity index (χ2n) is 3.56. The van der Waals surface area contributed by atoms with Gasteiger partial charge in [-0.15, -0.1) is 11.3 Å². The normalized spacial score (nSPS) is 10.3. The Balaban J connectivity index is 2.25. The Bertz CT molecular complexity index is 406. The monoisotopic (exact) mass is 272 g/mol. The summed E-state index contributed by atoms with van der Waals surface area (Å²) in [5.41, 5.74) is -0.107. The molecule has 0 unspecified atom stereocenters. The van der Waals surface area contributed by atoms with Gasteiger partial charge in [0.15, 0.2) is 10.7 Å². The third kappa shape index (κ3) is 4.80. The Hall–Kier alpha value is -1.47. The average Bonchev–Trinajstić information content (AvgIpc) is 2.83. The van der Waals surface area contributed by atoms with Crippen molar-refractivity contribution in [3.63, 3.8) is 0 Å². The van der Waals surface area contributed by atoms with Crippen LogP contribution in [0.2, 0.25) is 0 Å². The highest BCUT2D eigenvalue weighted by Gasteiger charge is 2.13. The van der Waals surface area contributed by atoms with E-state index in [0.717, 1.165) is 24.2 Å². The molecule has 0 spiro atoms. The molecule has 0 saturated carbocycles. The largest absolute Gasteiger partial charge is 0.476 e. The molecule has 0 saturated heterocycles. The molecule has 18 heavy (non-hydrogen) atoms. The zero-order valence-electron chi connectivity index (χ0n) is 10.1. The molecule has 0 aliphatic carbocycles. The molecule has 1 heterocycles. The number of carbonyl (C=O) groups is 2. The van der Waals surface area contributed by atoms with Crippen molar-refractivity contribution in [2.24, 2.45) is 0 Å². The maximum Gasteiger partial charge on any atom is 0.355 e. The van der Waals surface area contributed by atoms with Gasteiger partial charge in [-0.1, -0.05) is 13.3 Å². The highest BCUT2D eigenvalue weighted by molar-refractivity contribution is 7.11. The molecular weight excluding hydrogens is 256 g/mol. The maximum atomic E-state index is 11.6. The average molecular weight is 272 g/mol. The number of nitrogens with zero attached hydrogens (tertiary/aromatic N) is 1. The van der Waals surface area contributed by atoms with Crippen LogP contribution in [0.4, 0.5) is 0 Å². The summed E-state index contributed by atoms with van der Waals surface area (Å²) < 4.78 is 5.28. The van der Waals surface area contributed by atoms with E-state index in [0.29, 0.717) is 19.8 Å². The van der Waals surface area contributed by atoms with E-state index in [1.54, 1.807) is 0 Å². The van der Waals surface area contributed by atoms with Gasteiger partial charge in [-0.2, -0.15) is 0 Å². The number of aromatic carboxylic acids is 1. The van der Waals surface area contributed by atoms with Gasteiger partial charge in [0, 0.05) is 18.5 Å². The first-order chi connectivity index (χ1) is 8.65. The third-order valence-corrected chi connectivity index (χ3v) is 2.93. The van der Waals surface area contributed by atoms with Crippen LogP contribution < -0.4 is 5.32 Å². The van der Waals surface area contributed by atoms with Gasteiger partial charge in [-0.05, 0) is 6.42 Å². The van der Waals surface area contributed by atoms with E-state index in [2.05, 4.69) is 17.2 Å². The fourth-order valence-electron chi connectivity index (χ4n) is 1.14. The first-order valence-corrected chi connectivity index (χ1v) is 6.58. The van der Waals surface area contributed by atoms with Crippen LogP contribution in [-0.2, 0) is 4.74 Å². The molecule has 1 aromatic rings. The summed E-state index contributed by atoms with van der Waals surface area (Å²) in [6, 6.07) is 0. The van der Waals surface area contributed by atoms with Crippen LogP contribution in [0.5, 0.6) is 0 Å². The lowest BCUT2D eigenvalue weighted by Gasteiger charge is -2.04. The molecule has 2 N–H and O–H groups in total. The van der Waals surface area contributed by atoms with Gasteiger partial charge in [0.05, 0.1) is 6.61 Å². The van der Waals surface area contributed by atoms with Crippen LogP contribution in [0, 0.1) is 0 Å². The Morgan fingerprint density at radius 1 is 1.50 bits per heavy atom. The van der Waals surface area contributed by atoms with E-state index < -0.39 is 5.97 Å². The molecule has 0 bridgehead atoms. The van der Waals surface area contributed by atoms with Crippen molar-refractivity contribution in [2.45, 2.75) is 19.8 Å². The lowest BCUT2D eigenvalue weighted by Crippen LogP contribution is -2.27. The number of carboxylic acids is 1. The Kier molecular flexibility index (Phi) is 6.31. The molecule has 6 nitrogen and oxygen atoms in total. The summed E-state index contributed by atoms with van der Waals surface area (Å²) in [6.45, 7) is 3.61. The first kappa shape index (κ1) is 14.6. The van der Waals surface area contributed by atoms with Gasteiger partial charge < -0.3 is 15.2 Å². The summed E-state index contributed by atoms with van der Waals surface area (Å²) in [4.78, 5) is 25.9. The highest BCUT2D eigenvalue weighted by Crippen LogP contribution is 2.09. The van der Waals surface area contributed by atoms with Crippen molar-refractivity contribution < 1.29 is 19.4 Å². The number of hydrogen-bond acceptors (Lipinski definition) is 5. The van der Waals surface area contributed by atoms with E-state index in [1.165, 1.54) is 5.38 Å². The summed E-state index contributed by atoms with van der Waals surface area (Å²) in [5, 5.41) is 12.8. The van der Waals surface area contributed by atoms with Crippen LogP contribution in [0.3, 0.4) is 0 Å². The molecule has 0 aliphatic rings. The Morgan fingerprint density at radius 2 is 2.28 bits per heavy atom. The van der Waals surface area contributed by atoms with Crippen LogP contribution in [-0.4, -0.2) is 41.7 Å². The first-order valence-electron chi connectivity index (χ1n) is 5.70. The van der Waals surface area contributed by atoms with Crippen molar-refractivity contribution in [2.75, 3.05) is 19.8 Å². The molecule has 0 aromatic carbocycles. The van der Waals surface area contributed by atoms with Gasteiger partial charge in [0.2, 0.25) is 0 Å². The highest BCUT2D eigenvalue weighted by atomic mass is 32.1. The molecule has 0 aliphatic heterocycles.